The number of amides is 1. The van der Waals surface area contributed by atoms with Crippen molar-refractivity contribution in [1.82, 2.24) is 4.90 Å². The second-order valence-electron chi connectivity index (χ2n) is 8.08. The molecule has 7 heteroatoms. The molecule has 0 bridgehead atoms. The molecule has 0 spiro atoms. The van der Waals surface area contributed by atoms with Gasteiger partial charge >= 0.3 is 5.63 Å². The Morgan fingerprint density at radius 1 is 1.12 bits per heavy atom. The van der Waals surface area contributed by atoms with Crippen LogP contribution < -0.4 is 15.5 Å². The van der Waals surface area contributed by atoms with Crippen LogP contribution in [-0.2, 0) is 16.0 Å². The molecule has 0 N–H and O–H groups in total. The lowest BCUT2D eigenvalue weighted by atomic mass is 9.97. The van der Waals surface area contributed by atoms with E-state index in [-0.39, 0.29) is 18.1 Å². The first-order valence-corrected chi connectivity index (χ1v) is 10.6. The van der Waals surface area contributed by atoms with Crippen LogP contribution in [0, 0.1) is 12.8 Å². The fraction of sp³-hybridized carbons (Fsp3) is 0.320. The maximum atomic E-state index is 12.6. The highest BCUT2D eigenvalue weighted by Gasteiger charge is 2.23. The molecule has 1 aliphatic heterocycles. The number of carboxylic acids is 1. The summed E-state index contributed by atoms with van der Waals surface area (Å²) in [5, 5.41) is 11.8. The number of carbonyl (C=O) groups is 2. The summed E-state index contributed by atoms with van der Waals surface area (Å²) in [5.74, 6) is -1.35. The molecule has 0 radical (unpaired) electrons. The van der Waals surface area contributed by atoms with Crippen molar-refractivity contribution in [3.8, 4) is 5.75 Å². The maximum absolute atomic E-state index is 12.6. The van der Waals surface area contributed by atoms with E-state index < -0.39 is 11.9 Å². The van der Waals surface area contributed by atoms with Crippen LogP contribution in [0.15, 0.2) is 57.7 Å². The Kier molecular flexibility index (Phi) is 6.25. The van der Waals surface area contributed by atoms with Crippen LogP contribution in [0.2, 0.25) is 0 Å². The van der Waals surface area contributed by atoms with E-state index in [0.717, 1.165) is 16.5 Å². The Balaban J connectivity index is 1.45. The number of rotatable bonds is 6. The van der Waals surface area contributed by atoms with Gasteiger partial charge in [-0.2, -0.15) is 0 Å². The number of likely N-dealkylation sites (tertiary alicyclic amines) is 1. The molecule has 1 saturated heterocycles. The molecule has 0 aliphatic carbocycles. The summed E-state index contributed by atoms with van der Waals surface area (Å²) in [6.45, 7) is 2.47. The lowest BCUT2D eigenvalue weighted by Crippen LogP contribution is -2.45. The van der Waals surface area contributed by atoms with Crippen molar-refractivity contribution in [3.05, 3.63) is 75.6 Å². The van der Waals surface area contributed by atoms with Gasteiger partial charge in [0.1, 0.15) is 11.3 Å². The molecule has 2 aromatic carbocycles. The number of fused-ring (bicyclic) bond motifs is 1. The highest BCUT2D eigenvalue weighted by molar-refractivity contribution is 5.83. The Bertz CT molecular complexity index is 1190. The number of hydrogen-bond acceptors (Lipinski definition) is 6. The summed E-state index contributed by atoms with van der Waals surface area (Å²) in [4.78, 5) is 37.5. The fourth-order valence-electron chi connectivity index (χ4n) is 4.07. The first-order valence-electron chi connectivity index (χ1n) is 10.6. The maximum Gasteiger partial charge on any atom is 0.340 e. The third-order valence-electron chi connectivity index (χ3n) is 6.03. The van der Waals surface area contributed by atoms with Gasteiger partial charge in [0.25, 0.3) is 5.91 Å². The SMILES string of the molecule is Cc1c(Cc2ccccc2)c(=O)oc2cc(OCC(=O)N3CCC(C(=O)[O-])CC3)ccc12. The largest absolute Gasteiger partial charge is 0.550 e. The molecule has 1 aromatic heterocycles. The van der Waals surface area contributed by atoms with E-state index in [1.165, 1.54) is 0 Å². The highest BCUT2D eigenvalue weighted by Crippen LogP contribution is 2.25. The van der Waals surface area contributed by atoms with Gasteiger partial charge in [-0.15, -0.1) is 0 Å². The number of benzene rings is 2. The third kappa shape index (κ3) is 4.66. The van der Waals surface area contributed by atoms with Crippen LogP contribution in [0.4, 0.5) is 0 Å². The third-order valence-corrected chi connectivity index (χ3v) is 6.03. The zero-order chi connectivity index (χ0) is 22.7. The highest BCUT2D eigenvalue weighted by atomic mass is 16.5. The molecular weight excluding hydrogens is 410 g/mol. The van der Waals surface area contributed by atoms with E-state index >= 15 is 0 Å². The summed E-state index contributed by atoms with van der Waals surface area (Å²) >= 11 is 0. The molecule has 0 saturated carbocycles. The minimum absolute atomic E-state index is 0.170. The molecule has 1 amide bonds. The number of aryl methyl sites for hydroxylation is 1. The predicted octanol–water partition coefficient (Wildman–Crippen LogP) is 2.06. The monoisotopic (exact) mass is 434 g/mol. The molecule has 7 nitrogen and oxygen atoms in total. The minimum atomic E-state index is -1.06. The number of piperidine rings is 1. The predicted molar refractivity (Wildman–Crippen MR) is 116 cm³/mol. The van der Waals surface area contributed by atoms with Gasteiger partial charge in [0.2, 0.25) is 0 Å². The lowest BCUT2D eigenvalue weighted by molar-refractivity contribution is -0.312. The smallest absolute Gasteiger partial charge is 0.340 e. The van der Waals surface area contributed by atoms with Gasteiger partial charge < -0.3 is 24.0 Å². The molecule has 0 unspecified atom stereocenters. The second-order valence-corrected chi connectivity index (χ2v) is 8.08. The second kappa shape index (κ2) is 9.26. The Morgan fingerprint density at radius 2 is 1.84 bits per heavy atom. The van der Waals surface area contributed by atoms with Crippen molar-refractivity contribution in [2.75, 3.05) is 19.7 Å². The van der Waals surface area contributed by atoms with Crippen LogP contribution in [0.1, 0.15) is 29.5 Å². The van der Waals surface area contributed by atoms with Gasteiger partial charge in [-0.3, -0.25) is 4.79 Å². The molecule has 1 aliphatic rings. The van der Waals surface area contributed by atoms with Gasteiger partial charge in [0.15, 0.2) is 6.61 Å². The number of carboxylic acid groups (broad SMARTS) is 1. The minimum Gasteiger partial charge on any atom is -0.550 e. The summed E-state index contributed by atoms with van der Waals surface area (Å²) in [6.07, 6.45) is 1.27. The standard InChI is InChI=1S/C25H25NO6/c1-16-20-8-7-19(31-15-23(27)26-11-9-18(10-12-26)24(28)29)14-22(20)32-25(30)21(16)13-17-5-3-2-4-6-17/h2-8,14,18H,9-13,15H2,1H3,(H,28,29)/p-1. The van der Waals surface area contributed by atoms with Gasteiger partial charge in [0, 0.05) is 48.4 Å². The van der Waals surface area contributed by atoms with E-state index in [1.54, 1.807) is 17.0 Å². The Labute approximate surface area is 185 Å². The number of aliphatic carboxylic acids is 1. The van der Waals surface area contributed by atoms with Crippen molar-refractivity contribution in [3.63, 3.8) is 0 Å². The van der Waals surface area contributed by atoms with E-state index in [2.05, 4.69) is 0 Å². The zero-order valence-corrected chi connectivity index (χ0v) is 17.8. The number of carbonyl (C=O) groups excluding carboxylic acids is 2. The molecule has 2 heterocycles. The van der Waals surface area contributed by atoms with Crippen LogP contribution in [0.25, 0.3) is 11.0 Å². The van der Waals surface area contributed by atoms with Crippen LogP contribution >= 0.6 is 0 Å². The zero-order valence-electron chi connectivity index (χ0n) is 17.8. The molecule has 1 fully saturated rings. The van der Waals surface area contributed by atoms with E-state index in [9.17, 15) is 19.5 Å². The molecule has 3 aromatic rings. The molecule has 32 heavy (non-hydrogen) atoms. The topological polar surface area (TPSA) is 99.9 Å². The Morgan fingerprint density at radius 3 is 2.53 bits per heavy atom. The van der Waals surface area contributed by atoms with Gasteiger partial charge in [-0.05, 0) is 43.0 Å². The quantitative estimate of drug-likeness (QED) is 0.551. The van der Waals surface area contributed by atoms with Crippen molar-refractivity contribution in [2.24, 2.45) is 5.92 Å². The van der Waals surface area contributed by atoms with Gasteiger partial charge in [-0.1, -0.05) is 30.3 Å². The first kappa shape index (κ1) is 21.6. The van der Waals surface area contributed by atoms with E-state index in [1.807, 2.05) is 43.3 Å². The van der Waals surface area contributed by atoms with E-state index in [4.69, 9.17) is 9.15 Å². The van der Waals surface area contributed by atoms with Crippen molar-refractivity contribution in [2.45, 2.75) is 26.2 Å². The summed E-state index contributed by atoms with van der Waals surface area (Å²) in [5.41, 5.74) is 2.53. The normalized spacial score (nSPS) is 14.5. The fourth-order valence-corrected chi connectivity index (χ4v) is 4.07. The Hall–Kier alpha value is -3.61. The van der Waals surface area contributed by atoms with Crippen molar-refractivity contribution >= 4 is 22.8 Å². The summed E-state index contributed by atoms with van der Waals surface area (Å²) < 4.78 is 11.2. The average Bonchev–Trinajstić information content (AvgIpc) is 2.80. The summed E-state index contributed by atoms with van der Waals surface area (Å²) in [7, 11) is 0. The molecule has 166 valence electrons. The molecular formula is C25H24NO6-. The van der Waals surface area contributed by atoms with Crippen molar-refractivity contribution in [1.29, 1.82) is 0 Å². The molecule has 0 atom stereocenters. The van der Waals surface area contributed by atoms with Crippen LogP contribution in [0.5, 0.6) is 5.75 Å². The van der Waals surface area contributed by atoms with Crippen LogP contribution in [-0.4, -0.2) is 36.5 Å². The first-order chi connectivity index (χ1) is 15.4. The van der Waals surface area contributed by atoms with Crippen LogP contribution in [0.3, 0.4) is 0 Å². The lowest BCUT2D eigenvalue weighted by Gasteiger charge is -2.32. The van der Waals surface area contributed by atoms with Gasteiger partial charge in [-0.25, -0.2) is 4.79 Å². The van der Waals surface area contributed by atoms with Gasteiger partial charge in [0.05, 0.1) is 0 Å². The number of hydrogen-bond donors (Lipinski definition) is 0. The van der Waals surface area contributed by atoms with Crippen molar-refractivity contribution < 1.29 is 23.8 Å². The number of ether oxygens (including phenoxy) is 1. The molecule has 4 rings (SSSR count). The van der Waals surface area contributed by atoms with E-state index in [0.29, 0.717) is 49.2 Å². The average molecular weight is 434 g/mol. The summed E-state index contributed by atoms with van der Waals surface area (Å²) in [6, 6.07) is 14.9. The number of nitrogens with zero attached hydrogens (tertiary/aromatic N) is 1.